The Hall–Kier alpha value is -3.20. The molecule has 1 unspecified atom stereocenters. The van der Waals surface area contributed by atoms with Gasteiger partial charge in [-0.05, 0) is 67.9 Å². The topological polar surface area (TPSA) is 54.0 Å². The molecule has 1 atom stereocenters. The Morgan fingerprint density at radius 1 is 1.12 bits per heavy atom. The van der Waals surface area contributed by atoms with Gasteiger partial charge in [-0.3, -0.25) is 9.69 Å². The van der Waals surface area contributed by atoms with Crippen LogP contribution in [0.3, 0.4) is 0 Å². The zero-order chi connectivity index (χ0) is 24.4. The van der Waals surface area contributed by atoms with Crippen molar-refractivity contribution in [3.63, 3.8) is 0 Å². The van der Waals surface area contributed by atoms with E-state index in [1.807, 2.05) is 43.9 Å². The summed E-state index contributed by atoms with van der Waals surface area (Å²) in [6.07, 6.45) is 0. The minimum Gasteiger partial charge on any atom is -0.493 e. The lowest BCUT2D eigenvalue weighted by Gasteiger charge is -2.39. The maximum absolute atomic E-state index is 13.3. The van der Waals surface area contributed by atoms with Crippen molar-refractivity contribution in [2.75, 3.05) is 26.1 Å². The molecule has 0 radical (unpaired) electrons. The van der Waals surface area contributed by atoms with E-state index in [0.717, 1.165) is 16.8 Å². The van der Waals surface area contributed by atoms with E-state index in [0.29, 0.717) is 21.9 Å². The summed E-state index contributed by atoms with van der Waals surface area (Å²) < 4.78 is 35.3. The molecule has 2 aromatic rings. The second kappa shape index (κ2) is 9.74. The fourth-order valence-corrected chi connectivity index (χ4v) is 4.17. The maximum Gasteiger partial charge on any atom is 0.387 e. The van der Waals surface area contributed by atoms with Crippen LogP contribution in [0.2, 0.25) is 0 Å². The predicted octanol–water partition coefficient (Wildman–Crippen LogP) is 4.71. The number of thiocarbonyl (C=S) groups is 1. The number of likely N-dealkylation sites (N-methyl/N-ethyl adjacent to an activating group) is 1. The number of nitrogens with zero attached hydrogens (tertiary/aromatic N) is 2. The number of nitrogens with one attached hydrogen (secondary N) is 1. The van der Waals surface area contributed by atoms with Crippen molar-refractivity contribution in [3.8, 4) is 11.5 Å². The molecule has 0 aliphatic carbocycles. The Balaban J connectivity index is 2.17. The van der Waals surface area contributed by atoms with Crippen molar-refractivity contribution in [1.29, 1.82) is 0 Å². The van der Waals surface area contributed by atoms with Gasteiger partial charge in [0, 0.05) is 19.8 Å². The summed E-state index contributed by atoms with van der Waals surface area (Å²) in [4.78, 5) is 16.6. The number of aryl methyl sites for hydroxylation is 2. The lowest BCUT2D eigenvalue weighted by molar-refractivity contribution is -0.125. The summed E-state index contributed by atoms with van der Waals surface area (Å²) >= 11 is 5.72. The van der Waals surface area contributed by atoms with Crippen LogP contribution in [0.15, 0.2) is 47.7 Å². The van der Waals surface area contributed by atoms with Crippen molar-refractivity contribution < 1.29 is 23.0 Å². The lowest BCUT2D eigenvalue weighted by atomic mass is 9.93. The maximum atomic E-state index is 13.3. The molecule has 1 aliphatic heterocycles. The average molecular weight is 476 g/mol. The summed E-state index contributed by atoms with van der Waals surface area (Å²) in [6, 6.07) is 10.0. The number of alkyl halides is 2. The molecule has 0 spiro atoms. The second-order valence-electron chi connectivity index (χ2n) is 8.00. The third kappa shape index (κ3) is 4.93. The molecule has 0 bridgehead atoms. The van der Waals surface area contributed by atoms with Gasteiger partial charge in [-0.1, -0.05) is 18.2 Å². The normalized spacial score (nSPS) is 16.1. The van der Waals surface area contributed by atoms with Crippen LogP contribution in [-0.4, -0.2) is 43.7 Å². The third-order valence-electron chi connectivity index (χ3n) is 5.46. The van der Waals surface area contributed by atoms with Gasteiger partial charge in [0.15, 0.2) is 16.6 Å². The first kappa shape index (κ1) is 24.4. The van der Waals surface area contributed by atoms with Gasteiger partial charge < -0.3 is 19.7 Å². The smallest absolute Gasteiger partial charge is 0.387 e. The van der Waals surface area contributed by atoms with E-state index >= 15 is 0 Å². The summed E-state index contributed by atoms with van der Waals surface area (Å²) in [5.41, 5.74) is 4.75. The zero-order valence-electron chi connectivity index (χ0n) is 19.4. The van der Waals surface area contributed by atoms with Gasteiger partial charge in [0.25, 0.3) is 5.91 Å². The molecule has 1 heterocycles. The van der Waals surface area contributed by atoms with E-state index in [9.17, 15) is 13.6 Å². The first-order chi connectivity index (χ1) is 15.5. The molecule has 0 saturated heterocycles. The SMILES string of the molecule is COc1cc(C2NC(=S)N(c3cc(C)ccc3C)C(C)=C2C(=O)N(C)C)ccc1OC(F)F. The molecule has 1 amide bonds. The van der Waals surface area contributed by atoms with Crippen molar-refractivity contribution >= 4 is 28.9 Å². The van der Waals surface area contributed by atoms with Crippen LogP contribution in [0, 0.1) is 13.8 Å². The van der Waals surface area contributed by atoms with Crippen LogP contribution in [0.1, 0.15) is 29.7 Å². The van der Waals surface area contributed by atoms with Crippen molar-refractivity contribution in [1.82, 2.24) is 10.2 Å². The monoisotopic (exact) mass is 475 g/mol. The van der Waals surface area contributed by atoms with E-state index in [1.165, 1.54) is 18.1 Å². The highest BCUT2D eigenvalue weighted by Gasteiger charge is 2.36. The Bertz CT molecular complexity index is 1120. The molecule has 0 aromatic heterocycles. The lowest BCUT2D eigenvalue weighted by Crippen LogP contribution is -2.49. The molecule has 3 rings (SSSR count). The number of benzene rings is 2. The van der Waals surface area contributed by atoms with Crippen LogP contribution in [-0.2, 0) is 4.79 Å². The summed E-state index contributed by atoms with van der Waals surface area (Å²) in [7, 11) is 4.72. The highest BCUT2D eigenvalue weighted by atomic mass is 32.1. The highest BCUT2D eigenvalue weighted by molar-refractivity contribution is 7.80. The number of amides is 1. The Labute approximate surface area is 197 Å². The summed E-state index contributed by atoms with van der Waals surface area (Å²) in [5, 5.41) is 3.69. The predicted molar refractivity (Wildman–Crippen MR) is 128 cm³/mol. The molecule has 0 fully saturated rings. The summed E-state index contributed by atoms with van der Waals surface area (Å²) in [6.45, 7) is 2.84. The zero-order valence-corrected chi connectivity index (χ0v) is 20.2. The van der Waals surface area contributed by atoms with Gasteiger partial charge in [-0.2, -0.15) is 8.78 Å². The van der Waals surface area contributed by atoms with E-state index in [2.05, 4.69) is 10.1 Å². The van der Waals surface area contributed by atoms with Gasteiger partial charge in [-0.25, -0.2) is 0 Å². The number of allylic oxidation sites excluding steroid dienone is 1. The van der Waals surface area contributed by atoms with Crippen molar-refractivity contribution in [2.45, 2.75) is 33.4 Å². The average Bonchev–Trinajstić information content (AvgIpc) is 2.75. The number of anilines is 1. The van der Waals surface area contributed by atoms with Crippen LogP contribution in [0.4, 0.5) is 14.5 Å². The highest BCUT2D eigenvalue weighted by Crippen LogP contribution is 2.38. The molecule has 6 nitrogen and oxygen atoms in total. The Morgan fingerprint density at radius 3 is 2.42 bits per heavy atom. The van der Waals surface area contributed by atoms with Gasteiger partial charge in [0.05, 0.1) is 24.4 Å². The van der Waals surface area contributed by atoms with Gasteiger partial charge in [-0.15, -0.1) is 0 Å². The molecule has 33 heavy (non-hydrogen) atoms. The molecule has 9 heteroatoms. The number of hydrogen-bond acceptors (Lipinski definition) is 4. The molecule has 2 aromatic carbocycles. The van der Waals surface area contributed by atoms with Crippen LogP contribution < -0.4 is 19.7 Å². The minimum absolute atomic E-state index is 0.0900. The third-order valence-corrected chi connectivity index (χ3v) is 5.76. The van der Waals surface area contributed by atoms with Crippen molar-refractivity contribution in [2.24, 2.45) is 0 Å². The summed E-state index contributed by atoms with van der Waals surface area (Å²) in [5.74, 6) is -0.158. The molecule has 1 N–H and O–H groups in total. The fraction of sp³-hybridized carbons (Fsp3) is 0.333. The van der Waals surface area contributed by atoms with Gasteiger partial charge in [0.2, 0.25) is 0 Å². The fourth-order valence-electron chi connectivity index (χ4n) is 3.82. The Kier molecular flexibility index (Phi) is 7.22. The number of rotatable bonds is 6. The minimum atomic E-state index is -2.98. The standard InChI is InChI=1S/C24H27F2N3O3S/c1-13-7-8-14(2)17(11-13)29-15(3)20(22(30)28(4)5)21(27-24(29)33)16-9-10-18(32-23(25)26)19(12-16)31-6/h7-12,21,23H,1-6H3,(H,27,33). The van der Waals surface area contributed by atoms with Crippen molar-refractivity contribution in [3.05, 3.63) is 64.4 Å². The van der Waals surface area contributed by atoms with Crippen LogP contribution in [0.25, 0.3) is 0 Å². The number of methoxy groups -OCH3 is 1. The molecular formula is C24H27F2N3O3S. The van der Waals surface area contributed by atoms with Crippen LogP contribution >= 0.6 is 12.2 Å². The van der Waals surface area contributed by atoms with Gasteiger partial charge >= 0.3 is 6.61 Å². The molecule has 176 valence electrons. The largest absolute Gasteiger partial charge is 0.493 e. The van der Waals surface area contributed by atoms with Crippen LogP contribution in [0.5, 0.6) is 11.5 Å². The number of carbonyl (C=O) groups is 1. The quantitative estimate of drug-likeness (QED) is 0.611. The first-order valence-electron chi connectivity index (χ1n) is 10.3. The molecular weight excluding hydrogens is 448 g/mol. The number of carbonyl (C=O) groups excluding carboxylic acids is 1. The number of halogens is 2. The van der Waals surface area contributed by atoms with E-state index in [1.54, 1.807) is 26.2 Å². The molecule has 1 aliphatic rings. The Morgan fingerprint density at radius 2 is 1.82 bits per heavy atom. The number of ether oxygens (including phenoxy) is 2. The van der Waals surface area contributed by atoms with E-state index in [-0.39, 0.29) is 17.4 Å². The molecule has 0 saturated carbocycles. The second-order valence-corrected chi connectivity index (χ2v) is 8.38. The van der Waals surface area contributed by atoms with E-state index in [4.69, 9.17) is 17.0 Å². The first-order valence-corrected chi connectivity index (χ1v) is 10.7. The number of hydrogen-bond donors (Lipinski definition) is 1. The van der Waals surface area contributed by atoms with E-state index < -0.39 is 12.7 Å². The van der Waals surface area contributed by atoms with Gasteiger partial charge in [0.1, 0.15) is 0 Å².